The van der Waals surface area contributed by atoms with Crippen LogP contribution in [-0.2, 0) is 5.41 Å². The van der Waals surface area contributed by atoms with Gasteiger partial charge in [0, 0.05) is 17.7 Å². The Kier molecular flexibility index (Phi) is 4.94. The number of amides is 1. The molecule has 0 bridgehead atoms. The highest BCUT2D eigenvalue weighted by molar-refractivity contribution is 5.95. The summed E-state index contributed by atoms with van der Waals surface area (Å²) in [5, 5.41) is 11.5. The summed E-state index contributed by atoms with van der Waals surface area (Å²) in [5.41, 5.74) is 1.89. The molecule has 1 aliphatic carbocycles. The minimum atomic E-state index is -0.184. The minimum Gasteiger partial charge on any atom is -0.349 e. The zero-order valence-electron chi connectivity index (χ0n) is 17.3. The average Bonchev–Trinajstić information content (AvgIpc) is 3.42. The molecule has 8 nitrogen and oxygen atoms in total. The molecule has 0 radical (unpaired) electrons. The van der Waals surface area contributed by atoms with Crippen LogP contribution in [0, 0.1) is 6.92 Å². The number of hydrogen-bond donors (Lipinski definition) is 1. The predicted octanol–water partition coefficient (Wildman–Crippen LogP) is 3.60. The second kappa shape index (κ2) is 7.42. The molecule has 0 aromatic carbocycles. The third kappa shape index (κ3) is 3.92. The van der Waals surface area contributed by atoms with Crippen LogP contribution in [0.15, 0.2) is 29.0 Å². The highest BCUT2D eigenvalue weighted by Crippen LogP contribution is 2.24. The Morgan fingerprint density at radius 3 is 2.59 bits per heavy atom. The molecule has 1 fully saturated rings. The number of nitrogens with zero attached hydrogens (tertiary/aromatic N) is 5. The summed E-state index contributed by atoms with van der Waals surface area (Å²) >= 11 is 0. The van der Waals surface area contributed by atoms with E-state index in [9.17, 15) is 4.79 Å². The average molecular weight is 394 g/mol. The molecular weight excluding hydrogens is 368 g/mol. The third-order valence-corrected chi connectivity index (χ3v) is 5.25. The molecule has 4 rings (SSSR count). The van der Waals surface area contributed by atoms with E-state index >= 15 is 0 Å². The van der Waals surface area contributed by atoms with Gasteiger partial charge >= 0.3 is 0 Å². The van der Waals surface area contributed by atoms with Crippen LogP contribution >= 0.6 is 0 Å². The molecule has 29 heavy (non-hydrogen) atoms. The zero-order valence-corrected chi connectivity index (χ0v) is 17.3. The van der Waals surface area contributed by atoms with E-state index in [2.05, 4.69) is 25.5 Å². The van der Waals surface area contributed by atoms with E-state index in [1.54, 1.807) is 17.1 Å². The SMILES string of the molecule is Cc1c(C(=O)NC2CCCC2)cnn1-c1ccc(-c2nc(C(C)(C)C)no2)cn1. The maximum absolute atomic E-state index is 12.6. The zero-order chi connectivity index (χ0) is 20.6. The van der Waals surface area contributed by atoms with Crippen molar-refractivity contribution in [3.8, 4) is 17.3 Å². The summed E-state index contributed by atoms with van der Waals surface area (Å²) in [7, 11) is 0. The van der Waals surface area contributed by atoms with Gasteiger partial charge in [0.1, 0.15) is 0 Å². The van der Waals surface area contributed by atoms with Crippen LogP contribution in [0.2, 0.25) is 0 Å². The lowest BCUT2D eigenvalue weighted by molar-refractivity contribution is 0.0937. The number of aromatic nitrogens is 5. The van der Waals surface area contributed by atoms with E-state index in [1.165, 1.54) is 12.8 Å². The lowest BCUT2D eigenvalue weighted by atomic mass is 9.96. The van der Waals surface area contributed by atoms with Crippen LogP contribution in [0.4, 0.5) is 0 Å². The monoisotopic (exact) mass is 394 g/mol. The predicted molar refractivity (Wildman–Crippen MR) is 108 cm³/mol. The van der Waals surface area contributed by atoms with E-state index in [0.29, 0.717) is 23.1 Å². The van der Waals surface area contributed by atoms with Crippen molar-refractivity contribution < 1.29 is 9.32 Å². The smallest absolute Gasteiger partial charge is 0.259 e. The molecular formula is C21H26N6O2. The first-order valence-electron chi connectivity index (χ1n) is 9.99. The van der Waals surface area contributed by atoms with Crippen LogP contribution in [-0.4, -0.2) is 36.9 Å². The van der Waals surface area contributed by atoms with Gasteiger partial charge in [-0.3, -0.25) is 4.79 Å². The summed E-state index contributed by atoms with van der Waals surface area (Å²) in [5.74, 6) is 1.64. The van der Waals surface area contributed by atoms with Crippen molar-refractivity contribution in [3.05, 3.63) is 41.6 Å². The lowest BCUT2D eigenvalue weighted by Crippen LogP contribution is -2.32. The molecule has 0 saturated heterocycles. The molecule has 3 aromatic heterocycles. The summed E-state index contributed by atoms with van der Waals surface area (Å²) < 4.78 is 7.04. The topological polar surface area (TPSA) is 98.7 Å². The Hall–Kier alpha value is -3.03. The van der Waals surface area contributed by atoms with Gasteiger partial charge in [-0.25, -0.2) is 9.67 Å². The molecule has 0 aliphatic heterocycles. The molecule has 8 heteroatoms. The van der Waals surface area contributed by atoms with Gasteiger partial charge < -0.3 is 9.84 Å². The standard InChI is InChI=1S/C21H26N6O2/c1-13-16(18(28)24-15-7-5-6-8-15)12-23-27(13)17-10-9-14(11-22-17)19-25-20(26-29-19)21(2,3)4/h9-12,15H,5-8H2,1-4H3,(H,24,28). The minimum absolute atomic E-state index is 0.0714. The maximum atomic E-state index is 12.6. The van der Waals surface area contributed by atoms with E-state index in [-0.39, 0.29) is 17.4 Å². The van der Waals surface area contributed by atoms with Gasteiger partial charge in [0.2, 0.25) is 0 Å². The number of nitrogens with one attached hydrogen (secondary N) is 1. The second-order valence-electron chi connectivity index (χ2n) is 8.59. The third-order valence-electron chi connectivity index (χ3n) is 5.25. The second-order valence-corrected chi connectivity index (χ2v) is 8.59. The molecule has 0 unspecified atom stereocenters. The quantitative estimate of drug-likeness (QED) is 0.726. The maximum Gasteiger partial charge on any atom is 0.259 e. The highest BCUT2D eigenvalue weighted by atomic mass is 16.5. The van der Waals surface area contributed by atoms with E-state index in [4.69, 9.17) is 4.52 Å². The molecule has 152 valence electrons. The lowest BCUT2D eigenvalue weighted by Gasteiger charge is -2.11. The van der Waals surface area contributed by atoms with Crippen LogP contribution in [0.25, 0.3) is 17.3 Å². The first-order valence-corrected chi connectivity index (χ1v) is 9.99. The van der Waals surface area contributed by atoms with Gasteiger partial charge in [-0.1, -0.05) is 38.8 Å². The van der Waals surface area contributed by atoms with Gasteiger partial charge in [0.05, 0.1) is 23.0 Å². The molecule has 0 atom stereocenters. The molecule has 1 amide bonds. The summed E-state index contributed by atoms with van der Waals surface area (Å²) in [6, 6.07) is 3.96. The number of hydrogen-bond acceptors (Lipinski definition) is 6. The summed E-state index contributed by atoms with van der Waals surface area (Å²) in [4.78, 5) is 21.5. The van der Waals surface area contributed by atoms with Gasteiger partial charge in [0.25, 0.3) is 11.8 Å². The van der Waals surface area contributed by atoms with Crippen molar-refractivity contribution in [3.63, 3.8) is 0 Å². The van der Waals surface area contributed by atoms with Crippen molar-refractivity contribution in [1.82, 2.24) is 30.2 Å². The van der Waals surface area contributed by atoms with Crippen LogP contribution in [0.1, 0.15) is 68.3 Å². The molecule has 0 spiro atoms. The fraction of sp³-hybridized carbons (Fsp3) is 0.476. The first-order chi connectivity index (χ1) is 13.8. The molecule has 3 heterocycles. The van der Waals surface area contributed by atoms with E-state index in [0.717, 1.165) is 24.1 Å². The molecule has 1 saturated carbocycles. The Morgan fingerprint density at radius 1 is 1.21 bits per heavy atom. The highest BCUT2D eigenvalue weighted by Gasteiger charge is 2.23. The Balaban J connectivity index is 1.53. The summed E-state index contributed by atoms with van der Waals surface area (Å²) in [6.45, 7) is 7.97. The van der Waals surface area contributed by atoms with Crippen molar-refractivity contribution in [1.29, 1.82) is 0 Å². The van der Waals surface area contributed by atoms with E-state index < -0.39 is 0 Å². The van der Waals surface area contributed by atoms with Crippen molar-refractivity contribution in [2.75, 3.05) is 0 Å². The Morgan fingerprint density at radius 2 is 1.97 bits per heavy atom. The number of pyridine rings is 1. The first kappa shape index (κ1) is 19.3. The van der Waals surface area contributed by atoms with Crippen LogP contribution < -0.4 is 5.32 Å². The molecule has 1 aliphatic rings. The fourth-order valence-electron chi connectivity index (χ4n) is 3.48. The number of carbonyl (C=O) groups excluding carboxylic acids is 1. The van der Waals surface area contributed by atoms with Crippen molar-refractivity contribution >= 4 is 5.91 Å². The normalized spacial score (nSPS) is 15.0. The van der Waals surface area contributed by atoms with E-state index in [1.807, 2.05) is 39.8 Å². The summed E-state index contributed by atoms with van der Waals surface area (Å²) in [6.07, 6.45) is 7.73. The van der Waals surface area contributed by atoms with Crippen molar-refractivity contribution in [2.45, 2.75) is 64.8 Å². The number of rotatable bonds is 4. The fourth-order valence-corrected chi connectivity index (χ4v) is 3.48. The van der Waals surface area contributed by atoms with Crippen LogP contribution in [0.3, 0.4) is 0 Å². The largest absolute Gasteiger partial charge is 0.349 e. The Bertz CT molecular complexity index is 1010. The number of carbonyl (C=O) groups is 1. The van der Waals surface area contributed by atoms with Gasteiger partial charge in [-0.05, 0) is 31.9 Å². The molecule has 1 N–H and O–H groups in total. The van der Waals surface area contributed by atoms with Crippen LogP contribution in [0.5, 0.6) is 0 Å². The molecule has 3 aromatic rings. The Labute approximate surface area is 169 Å². The van der Waals surface area contributed by atoms with Gasteiger partial charge in [0.15, 0.2) is 11.6 Å². The van der Waals surface area contributed by atoms with Gasteiger partial charge in [-0.15, -0.1) is 0 Å². The van der Waals surface area contributed by atoms with Gasteiger partial charge in [-0.2, -0.15) is 10.1 Å². The van der Waals surface area contributed by atoms with Crippen molar-refractivity contribution in [2.24, 2.45) is 0 Å².